The van der Waals surface area contributed by atoms with Crippen LogP contribution in [0.4, 0.5) is 10.8 Å². The molecule has 2 aromatic rings. The van der Waals surface area contributed by atoms with Gasteiger partial charge < -0.3 is 20.1 Å². The van der Waals surface area contributed by atoms with Crippen LogP contribution in [0.15, 0.2) is 24.3 Å². The number of aromatic nitrogens is 1. The summed E-state index contributed by atoms with van der Waals surface area (Å²) < 4.78 is 15.0. The topological polar surface area (TPSA) is 60.6 Å². The predicted molar refractivity (Wildman–Crippen MR) is 82.8 cm³/mol. The maximum Gasteiger partial charge on any atom is 0.197 e. The van der Waals surface area contributed by atoms with Gasteiger partial charge in [-0.05, 0) is 36.2 Å². The van der Waals surface area contributed by atoms with E-state index in [4.69, 9.17) is 15.2 Å². The Bertz CT molecular complexity index is 571. The number of nitrogen functional groups attached to an aromatic ring is 1. The lowest BCUT2D eigenvalue weighted by Gasteiger charge is -2.18. The van der Waals surface area contributed by atoms with Crippen LogP contribution in [0.1, 0.15) is 12.5 Å². The van der Waals surface area contributed by atoms with Gasteiger partial charge in [-0.25, -0.2) is 0 Å². The van der Waals surface area contributed by atoms with E-state index in [1.807, 2.05) is 32.2 Å². The van der Waals surface area contributed by atoms with Gasteiger partial charge in [0.05, 0.1) is 13.7 Å². The van der Waals surface area contributed by atoms with E-state index in [1.165, 1.54) is 11.5 Å². The summed E-state index contributed by atoms with van der Waals surface area (Å²) in [5, 5.41) is 0.937. The largest absolute Gasteiger partial charge is 0.497 e. The van der Waals surface area contributed by atoms with E-state index in [2.05, 4.69) is 15.3 Å². The lowest BCUT2D eigenvalue weighted by atomic mass is 10.2. The summed E-state index contributed by atoms with van der Waals surface area (Å²) >= 11 is 1.35. The molecule has 0 atom stereocenters. The Morgan fingerprint density at radius 3 is 2.90 bits per heavy atom. The quantitative estimate of drug-likeness (QED) is 0.887. The van der Waals surface area contributed by atoms with E-state index in [0.29, 0.717) is 18.2 Å². The predicted octanol–water partition coefficient (Wildman–Crippen LogP) is 2.77. The van der Waals surface area contributed by atoms with Crippen LogP contribution in [0.5, 0.6) is 11.5 Å². The first-order valence-corrected chi connectivity index (χ1v) is 7.15. The summed E-state index contributed by atoms with van der Waals surface area (Å²) in [6, 6.07) is 7.98. The number of hydrogen-bond donors (Lipinski definition) is 1. The number of methoxy groups -OCH3 is 1. The molecule has 6 heteroatoms. The summed E-state index contributed by atoms with van der Waals surface area (Å²) in [5.41, 5.74) is 6.99. The molecule has 0 bridgehead atoms. The monoisotopic (exact) mass is 293 g/mol. The number of nitrogens with two attached hydrogens (primary N) is 1. The van der Waals surface area contributed by atoms with Crippen LogP contribution >= 0.6 is 11.5 Å². The standard InChI is InChI=1S/C14H19N3O2S/c1-4-19-12-13(15)16-20-14(12)17(2)9-10-6-5-7-11(8-10)18-3/h5-8H,4,9H2,1-3H3,(H2,15,16). The molecule has 0 aliphatic heterocycles. The minimum absolute atomic E-state index is 0.448. The Kier molecular flexibility index (Phi) is 4.68. The first kappa shape index (κ1) is 14.5. The molecule has 2 N–H and O–H groups in total. The van der Waals surface area contributed by atoms with Crippen LogP contribution in [0.25, 0.3) is 0 Å². The van der Waals surface area contributed by atoms with Crippen molar-refractivity contribution in [2.75, 3.05) is 31.4 Å². The summed E-state index contributed by atoms with van der Waals surface area (Å²) in [6.45, 7) is 3.24. The second-order valence-corrected chi connectivity index (χ2v) is 5.09. The van der Waals surface area contributed by atoms with Gasteiger partial charge >= 0.3 is 0 Å². The zero-order valence-electron chi connectivity index (χ0n) is 11.9. The molecule has 108 valence electrons. The summed E-state index contributed by atoms with van der Waals surface area (Å²) in [4.78, 5) is 2.08. The van der Waals surface area contributed by atoms with Gasteiger partial charge in [0, 0.05) is 13.6 Å². The summed E-state index contributed by atoms with van der Waals surface area (Å²) in [5.74, 6) is 1.97. The van der Waals surface area contributed by atoms with E-state index in [-0.39, 0.29) is 0 Å². The smallest absolute Gasteiger partial charge is 0.197 e. The van der Waals surface area contributed by atoms with Crippen LogP contribution in [0.2, 0.25) is 0 Å². The molecule has 20 heavy (non-hydrogen) atoms. The van der Waals surface area contributed by atoms with Crippen molar-refractivity contribution >= 4 is 22.4 Å². The zero-order chi connectivity index (χ0) is 14.5. The molecule has 0 unspecified atom stereocenters. The third-order valence-corrected chi connectivity index (χ3v) is 3.80. The number of rotatable bonds is 6. The highest BCUT2D eigenvalue weighted by Gasteiger charge is 2.16. The number of hydrogen-bond acceptors (Lipinski definition) is 6. The highest BCUT2D eigenvalue weighted by molar-refractivity contribution is 7.11. The van der Waals surface area contributed by atoms with E-state index in [0.717, 1.165) is 22.9 Å². The lowest BCUT2D eigenvalue weighted by Crippen LogP contribution is -2.16. The minimum Gasteiger partial charge on any atom is -0.497 e. The second-order valence-electron chi connectivity index (χ2n) is 4.34. The van der Waals surface area contributed by atoms with Crippen molar-refractivity contribution in [2.45, 2.75) is 13.5 Å². The van der Waals surface area contributed by atoms with Crippen molar-refractivity contribution in [3.05, 3.63) is 29.8 Å². The van der Waals surface area contributed by atoms with Crippen molar-refractivity contribution in [3.8, 4) is 11.5 Å². The van der Waals surface area contributed by atoms with Crippen molar-refractivity contribution < 1.29 is 9.47 Å². The molecule has 5 nitrogen and oxygen atoms in total. The SMILES string of the molecule is CCOc1c(N)nsc1N(C)Cc1cccc(OC)c1. The first-order chi connectivity index (χ1) is 9.65. The van der Waals surface area contributed by atoms with Crippen LogP contribution in [-0.4, -0.2) is 25.1 Å². The second kappa shape index (κ2) is 6.47. The average Bonchev–Trinajstić information content (AvgIpc) is 2.81. The van der Waals surface area contributed by atoms with Gasteiger partial charge in [-0.15, -0.1) is 0 Å². The van der Waals surface area contributed by atoms with Gasteiger partial charge in [-0.2, -0.15) is 4.37 Å². The average molecular weight is 293 g/mol. The Morgan fingerprint density at radius 2 is 2.20 bits per heavy atom. The van der Waals surface area contributed by atoms with Crippen molar-refractivity contribution in [1.82, 2.24) is 4.37 Å². The first-order valence-electron chi connectivity index (χ1n) is 6.37. The number of ether oxygens (including phenoxy) is 2. The Labute approximate surface area is 123 Å². The Balaban J connectivity index is 2.17. The number of nitrogens with zero attached hydrogens (tertiary/aromatic N) is 2. The highest BCUT2D eigenvalue weighted by Crippen LogP contribution is 2.38. The molecule has 0 aliphatic carbocycles. The molecular weight excluding hydrogens is 274 g/mol. The maximum absolute atomic E-state index is 5.83. The normalized spacial score (nSPS) is 10.3. The fourth-order valence-electron chi connectivity index (χ4n) is 1.92. The van der Waals surface area contributed by atoms with E-state index in [1.54, 1.807) is 7.11 Å². The molecule has 0 amide bonds. The third-order valence-electron chi connectivity index (χ3n) is 2.85. The highest BCUT2D eigenvalue weighted by atomic mass is 32.1. The molecular formula is C14H19N3O2S. The number of benzene rings is 1. The lowest BCUT2D eigenvalue weighted by molar-refractivity contribution is 0.343. The van der Waals surface area contributed by atoms with Gasteiger partial charge in [0.25, 0.3) is 0 Å². The molecule has 1 aromatic heterocycles. The van der Waals surface area contributed by atoms with Crippen LogP contribution in [0.3, 0.4) is 0 Å². The fraction of sp³-hybridized carbons (Fsp3) is 0.357. The number of anilines is 2. The zero-order valence-corrected chi connectivity index (χ0v) is 12.7. The van der Waals surface area contributed by atoms with E-state index < -0.39 is 0 Å². The van der Waals surface area contributed by atoms with Gasteiger partial charge in [-0.1, -0.05) is 12.1 Å². The molecule has 0 radical (unpaired) electrons. The molecule has 1 aromatic carbocycles. The van der Waals surface area contributed by atoms with Gasteiger partial charge in [0.1, 0.15) is 5.75 Å². The molecule has 1 heterocycles. The van der Waals surface area contributed by atoms with Crippen LogP contribution < -0.4 is 20.1 Å². The van der Waals surface area contributed by atoms with Crippen LogP contribution in [0, 0.1) is 0 Å². The molecule has 0 saturated heterocycles. The Morgan fingerprint density at radius 1 is 1.40 bits per heavy atom. The van der Waals surface area contributed by atoms with Crippen molar-refractivity contribution in [1.29, 1.82) is 0 Å². The molecule has 0 fully saturated rings. The molecule has 0 aliphatic rings. The van der Waals surface area contributed by atoms with Crippen molar-refractivity contribution in [3.63, 3.8) is 0 Å². The minimum atomic E-state index is 0.448. The Hall–Kier alpha value is -1.95. The fourth-order valence-corrected chi connectivity index (χ4v) is 2.64. The molecule has 0 saturated carbocycles. The van der Waals surface area contributed by atoms with E-state index >= 15 is 0 Å². The van der Waals surface area contributed by atoms with Crippen molar-refractivity contribution in [2.24, 2.45) is 0 Å². The van der Waals surface area contributed by atoms with E-state index in [9.17, 15) is 0 Å². The third kappa shape index (κ3) is 3.14. The van der Waals surface area contributed by atoms with Gasteiger partial charge in [-0.3, -0.25) is 0 Å². The van der Waals surface area contributed by atoms with Crippen LogP contribution in [-0.2, 0) is 6.54 Å². The molecule has 2 rings (SSSR count). The molecule has 0 spiro atoms. The maximum atomic E-state index is 5.83. The summed E-state index contributed by atoms with van der Waals surface area (Å²) in [7, 11) is 3.66. The van der Waals surface area contributed by atoms with Gasteiger partial charge in [0.2, 0.25) is 0 Å². The summed E-state index contributed by atoms with van der Waals surface area (Å²) in [6.07, 6.45) is 0. The van der Waals surface area contributed by atoms with Gasteiger partial charge in [0.15, 0.2) is 16.6 Å².